The van der Waals surface area contributed by atoms with Gasteiger partial charge in [-0.25, -0.2) is 13.2 Å². The normalized spacial score (nSPS) is 16.2. The Morgan fingerprint density at radius 2 is 1.77 bits per heavy atom. The number of sulfone groups is 1. The lowest BCUT2D eigenvalue weighted by Crippen LogP contribution is -2.48. The van der Waals surface area contributed by atoms with Gasteiger partial charge >= 0.3 is 6.09 Å². The summed E-state index contributed by atoms with van der Waals surface area (Å²) in [6, 6.07) is 9.74. The van der Waals surface area contributed by atoms with Crippen molar-refractivity contribution in [2.45, 2.75) is 48.6 Å². The molecule has 0 N–H and O–H groups in total. The third-order valence-corrected chi connectivity index (χ3v) is 7.69. The van der Waals surface area contributed by atoms with Gasteiger partial charge < -0.3 is 14.1 Å². The first-order valence-electron chi connectivity index (χ1n) is 11.1. The Hall–Kier alpha value is -3.04. The standard InChI is InChI=1S/C25H27ClN2O6S/c1-25(2,3)34-24(30)28-12-11-19-20(21(28)23(29)27(4)5)17-13-16(14-18(26)22(17)33-19)35(31,32)15-9-7-6-8-10-15/h6-10,13-14,21H,11-12H2,1-5H3. The van der Waals surface area contributed by atoms with Gasteiger partial charge in [-0.05, 0) is 45.0 Å². The number of furan rings is 1. The molecule has 2 aromatic carbocycles. The first kappa shape index (κ1) is 25.1. The SMILES string of the molecule is CN(C)C(=O)C1c2c(oc3c(Cl)cc(S(=O)(=O)c4ccccc4)cc23)CCN1C(=O)OC(C)(C)C. The van der Waals surface area contributed by atoms with Gasteiger partial charge in [-0.15, -0.1) is 0 Å². The molecule has 4 rings (SSSR count). The maximum atomic E-state index is 13.4. The van der Waals surface area contributed by atoms with Gasteiger partial charge in [0.1, 0.15) is 17.4 Å². The van der Waals surface area contributed by atoms with Gasteiger partial charge in [0.05, 0.1) is 14.8 Å². The quantitative estimate of drug-likeness (QED) is 0.492. The van der Waals surface area contributed by atoms with Crippen molar-refractivity contribution in [3.63, 3.8) is 0 Å². The summed E-state index contributed by atoms with van der Waals surface area (Å²) in [6.45, 7) is 5.43. The minimum atomic E-state index is -3.89. The molecular weight excluding hydrogens is 492 g/mol. The van der Waals surface area contributed by atoms with Gasteiger partial charge in [0.2, 0.25) is 15.7 Å². The molecule has 0 saturated carbocycles. The zero-order valence-electron chi connectivity index (χ0n) is 20.2. The van der Waals surface area contributed by atoms with E-state index in [0.717, 1.165) is 0 Å². The topological polar surface area (TPSA) is 97.1 Å². The second-order valence-corrected chi connectivity index (χ2v) is 12.0. The Bertz CT molecular complexity index is 1410. The zero-order valence-corrected chi connectivity index (χ0v) is 21.7. The van der Waals surface area contributed by atoms with E-state index in [1.807, 2.05) is 0 Å². The van der Waals surface area contributed by atoms with E-state index in [4.69, 9.17) is 20.8 Å². The molecular formula is C25H27ClN2O6S. The van der Waals surface area contributed by atoms with Crippen LogP contribution in [-0.2, 0) is 25.8 Å². The summed E-state index contributed by atoms with van der Waals surface area (Å²) >= 11 is 6.49. The molecule has 0 aliphatic carbocycles. The number of hydrogen-bond donors (Lipinski definition) is 0. The molecule has 1 aromatic heterocycles. The largest absolute Gasteiger partial charge is 0.459 e. The fourth-order valence-corrected chi connectivity index (χ4v) is 5.76. The molecule has 0 fully saturated rings. The molecule has 2 amide bonds. The number of carbonyl (C=O) groups is 2. The number of halogens is 1. The molecule has 2 heterocycles. The molecule has 0 saturated heterocycles. The number of benzene rings is 2. The molecule has 0 spiro atoms. The van der Waals surface area contributed by atoms with E-state index in [2.05, 4.69) is 0 Å². The number of rotatable bonds is 3. The molecule has 0 bridgehead atoms. The van der Waals surface area contributed by atoms with Crippen molar-refractivity contribution in [2.75, 3.05) is 20.6 Å². The predicted molar refractivity (Wildman–Crippen MR) is 131 cm³/mol. The number of hydrogen-bond acceptors (Lipinski definition) is 6. The van der Waals surface area contributed by atoms with E-state index in [-0.39, 0.29) is 32.8 Å². The fourth-order valence-electron chi connectivity index (χ4n) is 4.10. The molecule has 8 nitrogen and oxygen atoms in total. The van der Waals surface area contributed by atoms with Crippen LogP contribution in [0.5, 0.6) is 0 Å². The number of likely N-dealkylation sites (N-methyl/N-ethyl adjacent to an activating group) is 1. The van der Waals surface area contributed by atoms with Crippen LogP contribution >= 0.6 is 11.6 Å². The molecule has 10 heteroatoms. The maximum Gasteiger partial charge on any atom is 0.411 e. The van der Waals surface area contributed by atoms with Crippen LogP contribution in [0.2, 0.25) is 5.02 Å². The Kier molecular flexibility index (Phi) is 6.36. The van der Waals surface area contributed by atoms with E-state index < -0.39 is 27.6 Å². The van der Waals surface area contributed by atoms with E-state index in [0.29, 0.717) is 23.1 Å². The highest BCUT2D eigenvalue weighted by Gasteiger charge is 2.42. The molecule has 35 heavy (non-hydrogen) atoms. The summed E-state index contributed by atoms with van der Waals surface area (Å²) in [4.78, 5) is 29.3. The van der Waals surface area contributed by atoms with Crippen LogP contribution < -0.4 is 0 Å². The van der Waals surface area contributed by atoms with Gasteiger partial charge in [0.15, 0.2) is 5.58 Å². The van der Waals surface area contributed by atoms with Crippen molar-refractivity contribution in [1.29, 1.82) is 0 Å². The number of ether oxygens (including phenoxy) is 1. The highest BCUT2D eigenvalue weighted by Crippen LogP contribution is 2.43. The Labute approximate surface area is 209 Å². The summed E-state index contributed by atoms with van der Waals surface area (Å²) in [5.74, 6) is 0.114. The first-order valence-corrected chi connectivity index (χ1v) is 12.9. The monoisotopic (exact) mass is 518 g/mol. The van der Waals surface area contributed by atoms with Crippen molar-refractivity contribution in [3.8, 4) is 0 Å². The number of carbonyl (C=O) groups excluding carboxylic acids is 2. The zero-order chi connectivity index (χ0) is 25.7. The van der Waals surface area contributed by atoms with Crippen molar-refractivity contribution in [2.24, 2.45) is 0 Å². The van der Waals surface area contributed by atoms with Crippen LogP contribution in [0.4, 0.5) is 4.79 Å². The summed E-state index contributed by atoms with van der Waals surface area (Å²) in [7, 11) is -0.717. The van der Waals surface area contributed by atoms with Crippen molar-refractivity contribution >= 4 is 44.4 Å². The minimum absolute atomic E-state index is 0.0322. The van der Waals surface area contributed by atoms with Gasteiger partial charge in [0.25, 0.3) is 0 Å². The predicted octanol–water partition coefficient (Wildman–Crippen LogP) is 4.84. The lowest BCUT2D eigenvalue weighted by atomic mass is 9.95. The van der Waals surface area contributed by atoms with E-state index in [9.17, 15) is 18.0 Å². The number of nitrogens with zero attached hydrogens (tertiary/aromatic N) is 2. The number of amides is 2. The molecule has 3 aromatic rings. The van der Waals surface area contributed by atoms with E-state index >= 15 is 0 Å². The molecule has 186 valence electrons. The average molecular weight is 519 g/mol. The first-order chi connectivity index (χ1) is 16.3. The Morgan fingerprint density at radius 3 is 2.37 bits per heavy atom. The summed E-state index contributed by atoms with van der Waals surface area (Å²) in [6.07, 6.45) is -0.325. The second kappa shape index (κ2) is 8.87. The van der Waals surface area contributed by atoms with Gasteiger partial charge in [-0.2, -0.15) is 0 Å². The lowest BCUT2D eigenvalue weighted by molar-refractivity contribution is -0.135. The smallest absolute Gasteiger partial charge is 0.411 e. The lowest BCUT2D eigenvalue weighted by Gasteiger charge is -2.36. The van der Waals surface area contributed by atoms with E-state index in [1.54, 1.807) is 53.1 Å². The molecule has 1 unspecified atom stereocenters. The van der Waals surface area contributed by atoms with Gasteiger partial charge in [-0.3, -0.25) is 9.69 Å². The van der Waals surface area contributed by atoms with E-state index in [1.165, 1.54) is 34.1 Å². The highest BCUT2D eigenvalue weighted by molar-refractivity contribution is 7.91. The highest BCUT2D eigenvalue weighted by atomic mass is 35.5. The van der Waals surface area contributed by atoms with Crippen LogP contribution in [0.25, 0.3) is 11.0 Å². The molecule has 1 atom stereocenters. The Balaban J connectivity index is 1.92. The molecule has 1 aliphatic heterocycles. The summed E-state index contributed by atoms with van der Waals surface area (Å²) < 4.78 is 38.2. The van der Waals surface area contributed by atoms with Crippen LogP contribution in [0, 0.1) is 0 Å². The average Bonchev–Trinajstić information content (AvgIpc) is 3.16. The van der Waals surface area contributed by atoms with Crippen LogP contribution in [0.1, 0.15) is 38.1 Å². The molecule has 0 radical (unpaired) electrons. The van der Waals surface area contributed by atoms with Gasteiger partial charge in [0, 0.05) is 38.0 Å². The van der Waals surface area contributed by atoms with Gasteiger partial charge in [-0.1, -0.05) is 29.8 Å². The van der Waals surface area contributed by atoms with Crippen LogP contribution in [-0.4, -0.2) is 56.5 Å². The number of fused-ring (bicyclic) bond motifs is 3. The van der Waals surface area contributed by atoms with Crippen molar-refractivity contribution in [1.82, 2.24) is 9.80 Å². The third kappa shape index (κ3) is 4.62. The summed E-state index contributed by atoms with van der Waals surface area (Å²) in [5.41, 5.74) is -0.0731. The van der Waals surface area contributed by atoms with Crippen LogP contribution in [0.15, 0.2) is 56.7 Å². The third-order valence-electron chi connectivity index (χ3n) is 5.66. The van der Waals surface area contributed by atoms with Crippen LogP contribution in [0.3, 0.4) is 0 Å². The fraction of sp³-hybridized carbons (Fsp3) is 0.360. The Morgan fingerprint density at radius 1 is 1.11 bits per heavy atom. The molecule has 1 aliphatic rings. The maximum absolute atomic E-state index is 13.4. The summed E-state index contributed by atoms with van der Waals surface area (Å²) in [5, 5.41) is 0.474. The van der Waals surface area contributed by atoms with Crippen molar-refractivity contribution in [3.05, 3.63) is 58.8 Å². The minimum Gasteiger partial charge on any atom is -0.459 e. The second-order valence-electron chi connectivity index (χ2n) is 9.60. The van der Waals surface area contributed by atoms with Crippen molar-refractivity contribution < 1.29 is 27.2 Å².